The second-order valence-electron chi connectivity index (χ2n) is 7.53. The summed E-state index contributed by atoms with van der Waals surface area (Å²) in [6, 6.07) is 24.6. The van der Waals surface area contributed by atoms with Gasteiger partial charge in [-0.1, -0.05) is 81.6 Å². The van der Waals surface area contributed by atoms with E-state index in [4.69, 9.17) is 9.88 Å². The fraction of sp³-hybridized carbons (Fsp3) is 0.167. The number of hydrogen-bond acceptors (Lipinski definition) is 3. The molecule has 1 saturated carbocycles. The van der Waals surface area contributed by atoms with Crippen LogP contribution in [0.4, 0.5) is 0 Å². The van der Waals surface area contributed by atoms with Crippen LogP contribution in [0, 0.1) is 0 Å². The Bertz CT molecular complexity index is 1020. The Kier molecular flexibility index (Phi) is 4.07. The molecule has 0 aromatic heterocycles. The van der Waals surface area contributed by atoms with Crippen LogP contribution < -0.4 is 4.89 Å². The summed E-state index contributed by atoms with van der Waals surface area (Å²) in [5, 5.41) is 1.88. The van der Waals surface area contributed by atoms with Crippen molar-refractivity contribution < 1.29 is 9.88 Å². The molecule has 1 atom stereocenters. The van der Waals surface area contributed by atoms with Gasteiger partial charge < -0.3 is 4.89 Å². The molecule has 28 heavy (non-hydrogen) atoms. The third-order valence-corrected chi connectivity index (χ3v) is 6.11. The molecule has 2 aliphatic rings. The van der Waals surface area contributed by atoms with Crippen molar-refractivity contribution in [1.29, 1.82) is 0 Å². The van der Waals surface area contributed by atoms with Gasteiger partial charge in [-0.25, -0.2) is 5.06 Å². The van der Waals surface area contributed by atoms with Crippen molar-refractivity contribution in [3.63, 3.8) is 0 Å². The standard InChI is InChI=1S/C24H20BrNO2/c1-16-22-15-24(22,2)26(16)28-27-23-20(17-9-5-3-6-10-17)13-19(25)14-21(23)18-11-7-4-8-12-18/h3-14H,15H2,1-2H3. The summed E-state index contributed by atoms with van der Waals surface area (Å²) in [6.07, 6.45) is 1.06. The van der Waals surface area contributed by atoms with Gasteiger partial charge in [0.2, 0.25) is 0 Å². The zero-order chi connectivity index (χ0) is 19.3. The number of rotatable bonds is 5. The number of hydroxylamine groups is 2. The van der Waals surface area contributed by atoms with Crippen molar-refractivity contribution in [2.45, 2.75) is 25.8 Å². The molecular formula is C24H20BrNO2. The number of fused-ring (bicyclic) bond motifs is 1. The Morgan fingerprint density at radius 2 is 1.43 bits per heavy atom. The van der Waals surface area contributed by atoms with Crippen LogP contribution in [0.1, 0.15) is 20.3 Å². The van der Waals surface area contributed by atoms with Crippen LogP contribution in [-0.4, -0.2) is 10.6 Å². The van der Waals surface area contributed by atoms with E-state index in [2.05, 4.69) is 66.2 Å². The molecule has 4 heteroatoms. The van der Waals surface area contributed by atoms with Crippen LogP contribution in [0.3, 0.4) is 0 Å². The van der Waals surface area contributed by atoms with Crippen LogP contribution in [0.5, 0.6) is 5.75 Å². The van der Waals surface area contributed by atoms with Gasteiger partial charge in [-0.2, -0.15) is 0 Å². The number of halogens is 1. The first-order chi connectivity index (χ1) is 13.6. The molecular weight excluding hydrogens is 414 g/mol. The molecule has 5 rings (SSSR count). The molecule has 1 fully saturated rings. The quantitative estimate of drug-likeness (QED) is 0.327. The lowest BCUT2D eigenvalue weighted by Gasteiger charge is -2.35. The van der Waals surface area contributed by atoms with E-state index >= 15 is 0 Å². The monoisotopic (exact) mass is 433 g/mol. The Balaban J connectivity index is 1.59. The van der Waals surface area contributed by atoms with Gasteiger partial charge in [0.25, 0.3) is 0 Å². The largest absolute Gasteiger partial charge is 0.313 e. The lowest BCUT2D eigenvalue weighted by molar-refractivity contribution is -0.374. The smallest absolute Gasteiger partial charge is 0.183 e. The second-order valence-corrected chi connectivity index (χ2v) is 8.44. The van der Waals surface area contributed by atoms with Crippen molar-refractivity contribution in [2.24, 2.45) is 0 Å². The molecule has 3 aromatic carbocycles. The number of nitrogens with zero attached hydrogens (tertiary/aromatic N) is 1. The minimum Gasteiger partial charge on any atom is -0.313 e. The van der Waals surface area contributed by atoms with E-state index in [1.165, 1.54) is 5.57 Å². The van der Waals surface area contributed by atoms with E-state index in [1.807, 2.05) is 41.5 Å². The molecule has 0 radical (unpaired) electrons. The van der Waals surface area contributed by atoms with E-state index in [9.17, 15) is 0 Å². The minimum absolute atomic E-state index is 0.0132. The molecule has 1 heterocycles. The van der Waals surface area contributed by atoms with Crippen molar-refractivity contribution in [3.05, 3.63) is 88.5 Å². The van der Waals surface area contributed by atoms with Gasteiger partial charge in [0, 0.05) is 27.7 Å². The first-order valence-electron chi connectivity index (χ1n) is 9.37. The maximum atomic E-state index is 6.04. The molecule has 0 bridgehead atoms. The fourth-order valence-electron chi connectivity index (χ4n) is 4.01. The highest BCUT2D eigenvalue weighted by molar-refractivity contribution is 9.10. The predicted molar refractivity (Wildman–Crippen MR) is 114 cm³/mol. The van der Waals surface area contributed by atoms with Crippen LogP contribution in [-0.2, 0) is 4.99 Å². The van der Waals surface area contributed by atoms with E-state index < -0.39 is 0 Å². The maximum absolute atomic E-state index is 6.04. The van der Waals surface area contributed by atoms with Gasteiger partial charge in [-0.3, -0.25) is 0 Å². The van der Waals surface area contributed by atoms with Crippen LogP contribution in [0.15, 0.2) is 88.5 Å². The van der Waals surface area contributed by atoms with E-state index in [1.54, 1.807) is 0 Å². The Labute approximate surface area is 173 Å². The van der Waals surface area contributed by atoms with Crippen LogP contribution in [0.25, 0.3) is 22.3 Å². The third kappa shape index (κ3) is 2.76. The first-order valence-corrected chi connectivity index (χ1v) is 10.2. The molecule has 0 spiro atoms. The average Bonchev–Trinajstić information content (AvgIpc) is 3.36. The van der Waals surface area contributed by atoms with Crippen molar-refractivity contribution in [2.75, 3.05) is 0 Å². The first kappa shape index (κ1) is 17.5. The van der Waals surface area contributed by atoms with E-state index in [0.717, 1.165) is 38.8 Å². The molecule has 1 aliphatic carbocycles. The minimum atomic E-state index is 0.0132. The summed E-state index contributed by atoms with van der Waals surface area (Å²) in [7, 11) is 0. The molecule has 0 saturated heterocycles. The predicted octanol–water partition coefficient (Wildman–Crippen LogP) is 6.76. The lowest BCUT2D eigenvalue weighted by Crippen LogP contribution is -2.41. The van der Waals surface area contributed by atoms with Crippen LogP contribution in [0.2, 0.25) is 0 Å². The molecule has 1 aliphatic heterocycles. The highest BCUT2D eigenvalue weighted by Gasteiger charge is 2.61. The lowest BCUT2D eigenvalue weighted by atomic mass is 9.97. The van der Waals surface area contributed by atoms with Gasteiger partial charge in [0.15, 0.2) is 5.75 Å². The molecule has 1 unspecified atom stereocenters. The van der Waals surface area contributed by atoms with Gasteiger partial charge in [0.05, 0.1) is 5.54 Å². The highest BCUT2D eigenvalue weighted by atomic mass is 79.9. The SMILES string of the molecule is CC1=C2CC2(C)N1OOc1c(-c2ccccc2)cc(Br)cc1-c1ccccc1. The number of hydrogen-bond donors (Lipinski definition) is 0. The van der Waals surface area contributed by atoms with Crippen LogP contribution >= 0.6 is 15.9 Å². The average molecular weight is 434 g/mol. The Morgan fingerprint density at radius 1 is 0.893 bits per heavy atom. The topological polar surface area (TPSA) is 21.7 Å². The molecule has 140 valence electrons. The van der Waals surface area contributed by atoms with Crippen molar-refractivity contribution in [1.82, 2.24) is 5.06 Å². The molecule has 0 N–H and O–H groups in total. The second kappa shape index (κ2) is 6.50. The van der Waals surface area contributed by atoms with Crippen molar-refractivity contribution in [3.8, 4) is 28.0 Å². The fourth-order valence-corrected chi connectivity index (χ4v) is 4.47. The summed E-state index contributed by atoms with van der Waals surface area (Å²) in [4.78, 5) is 11.9. The number of allylic oxidation sites excluding steroid dienone is 1. The summed E-state index contributed by atoms with van der Waals surface area (Å²) >= 11 is 3.67. The summed E-state index contributed by atoms with van der Waals surface area (Å²) < 4.78 is 0.994. The maximum Gasteiger partial charge on any atom is 0.183 e. The van der Waals surface area contributed by atoms with Gasteiger partial charge in [-0.05, 0) is 42.7 Å². The number of benzene rings is 3. The van der Waals surface area contributed by atoms with Crippen molar-refractivity contribution >= 4 is 15.9 Å². The van der Waals surface area contributed by atoms with E-state index in [0.29, 0.717) is 5.75 Å². The zero-order valence-corrected chi connectivity index (χ0v) is 17.4. The zero-order valence-electron chi connectivity index (χ0n) is 15.8. The molecule has 0 amide bonds. The Hall–Kier alpha value is -2.56. The third-order valence-electron chi connectivity index (χ3n) is 5.65. The molecule has 3 aromatic rings. The summed E-state index contributed by atoms with van der Waals surface area (Å²) in [5.74, 6) is 0.714. The van der Waals surface area contributed by atoms with Gasteiger partial charge in [0.1, 0.15) is 0 Å². The van der Waals surface area contributed by atoms with Gasteiger partial charge in [-0.15, -0.1) is 0 Å². The normalized spacial score (nSPS) is 19.9. The highest BCUT2D eigenvalue weighted by Crippen LogP contribution is 2.60. The Morgan fingerprint density at radius 3 is 1.89 bits per heavy atom. The summed E-state index contributed by atoms with van der Waals surface area (Å²) in [5.41, 5.74) is 6.75. The summed E-state index contributed by atoms with van der Waals surface area (Å²) in [6.45, 7) is 4.25. The molecule has 3 nitrogen and oxygen atoms in total. The van der Waals surface area contributed by atoms with Gasteiger partial charge >= 0.3 is 0 Å². The van der Waals surface area contributed by atoms with E-state index in [-0.39, 0.29) is 5.54 Å².